The first-order valence-corrected chi connectivity index (χ1v) is 15.6. The van der Waals surface area contributed by atoms with Crippen LogP contribution in [0.1, 0.15) is 128 Å². The van der Waals surface area contributed by atoms with Gasteiger partial charge in [-0.15, -0.1) is 11.3 Å². The van der Waals surface area contributed by atoms with E-state index >= 15 is 0 Å². The molecule has 192 valence electrons. The number of benzene rings is 2. The molecule has 0 bridgehead atoms. The average molecular weight is 492 g/mol. The van der Waals surface area contributed by atoms with Gasteiger partial charge >= 0.3 is 0 Å². The van der Waals surface area contributed by atoms with Gasteiger partial charge in [0.25, 0.3) is 0 Å². The van der Waals surface area contributed by atoms with Crippen molar-refractivity contribution in [1.29, 1.82) is 0 Å². The maximum Gasteiger partial charge on any atom is 0.124 e. The lowest BCUT2D eigenvalue weighted by atomic mass is 10.0. The molecule has 0 saturated heterocycles. The molecule has 1 heterocycles. The summed E-state index contributed by atoms with van der Waals surface area (Å²) in [5, 5.41) is 1.15. The van der Waals surface area contributed by atoms with Gasteiger partial charge in [-0.25, -0.2) is 4.98 Å². The van der Waals surface area contributed by atoms with Crippen LogP contribution in [0.25, 0.3) is 20.8 Å². The van der Waals surface area contributed by atoms with Crippen LogP contribution in [0, 0.1) is 0 Å². The Balaban J connectivity index is 1.39. The highest BCUT2D eigenvalue weighted by molar-refractivity contribution is 7.21. The van der Waals surface area contributed by atoms with Crippen LogP contribution >= 0.6 is 11.3 Å². The van der Waals surface area contributed by atoms with E-state index in [1.807, 2.05) is 11.3 Å². The van der Waals surface area contributed by atoms with Crippen LogP contribution in [0.3, 0.4) is 0 Å². The van der Waals surface area contributed by atoms with Crippen molar-refractivity contribution < 1.29 is 0 Å². The van der Waals surface area contributed by atoms with Crippen molar-refractivity contribution in [3.8, 4) is 10.6 Å². The molecule has 2 heteroatoms. The molecule has 0 amide bonds. The van der Waals surface area contributed by atoms with Crippen molar-refractivity contribution in [3.05, 3.63) is 53.6 Å². The summed E-state index contributed by atoms with van der Waals surface area (Å²) in [6.07, 6.45) is 24.6. The number of fused-ring (bicyclic) bond motifs is 1. The van der Waals surface area contributed by atoms with E-state index in [0.29, 0.717) is 0 Å². The molecule has 1 nitrogen and oxygen atoms in total. The van der Waals surface area contributed by atoms with Crippen LogP contribution < -0.4 is 0 Å². The van der Waals surface area contributed by atoms with E-state index < -0.39 is 0 Å². The van der Waals surface area contributed by atoms with Crippen LogP contribution in [0.5, 0.6) is 0 Å². The molecular formula is C33H49NS. The highest BCUT2D eigenvalue weighted by Gasteiger charge is 2.08. The summed E-state index contributed by atoms with van der Waals surface area (Å²) in [4.78, 5) is 4.93. The third-order valence-corrected chi connectivity index (χ3v) is 8.36. The lowest BCUT2D eigenvalue weighted by Gasteiger charge is -2.03. The highest BCUT2D eigenvalue weighted by atomic mass is 32.1. The fourth-order valence-corrected chi connectivity index (χ4v) is 6.02. The van der Waals surface area contributed by atoms with E-state index in [9.17, 15) is 0 Å². The Morgan fingerprint density at radius 2 is 1.03 bits per heavy atom. The minimum Gasteiger partial charge on any atom is -0.236 e. The normalized spacial score (nSPS) is 11.5. The first kappa shape index (κ1) is 27.9. The summed E-state index contributed by atoms with van der Waals surface area (Å²) in [7, 11) is 0. The molecule has 0 saturated carbocycles. The summed E-state index contributed by atoms with van der Waals surface area (Å²) in [5.41, 5.74) is 5.34. The van der Waals surface area contributed by atoms with Crippen LogP contribution in [0.15, 0.2) is 42.5 Å². The molecular weight excluding hydrogens is 442 g/mol. The SMILES string of the molecule is CCCCCCCCCCCCc1ccc2nc(-c3ccc(CCCCCCCC)cc3)sc2c1. The Morgan fingerprint density at radius 3 is 1.60 bits per heavy atom. The molecule has 35 heavy (non-hydrogen) atoms. The molecule has 0 radical (unpaired) electrons. The lowest BCUT2D eigenvalue weighted by molar-refractivity contribution is 0.556. The van der Waals surface area contributed by atoms with E-state index in [4.69, 9.17) is 4.98 Å². The van der Waals surface area contributed by atoms with E-state index in [-0.39, 0.29) is 0 Å². The fraction of sp³-hybridized carbons (Fsp3) is 0.606. The number of hydrogen-bond donors (Lipinski definition) is 0. The Hall–Kier alpha value is -1.67. The third kappa shape index (κ3) is 10.5. The second kappa shape index (κ2) is 16.9. The van der Waals surface area contributed by atoms with Crippen LogP contribution in [-0.4, -0.2) is 4.98 Å². The average Bonchev–Trinajstić information content (AvgIpc) is 3.31. The van der Waals surface area contributed by atoms with Crippen molar-refractivity contribution in [2.45, 2.75) is 129 Å². The molecule has 0 fully saturated rings. The molecule has 0 spiro atoms. The predicted octanol–water partition coefficient (Wildman–Crippen LogP) is 11.3. The second-order valence-corrected chi connectivity index (χ2v) is 11.5. The van der Waals surface area contributed by atoms with Crippen molar-refractivity contribution in [2.75, 3.05) is 0 Å². The first-order valence-electron chi connectivity index (χ1n) is 14.8. The standard InChI is InChI=1S/C33H49NS/c1-3-5-7-9-11-12-13-14-16-18-20-29-23-26-31-32(27-29)35-33(34-31)30-24-21-28(22-25-30)19-17-15-10-8-6-4-2/h21-27H,3-20H2,1-2H3. The molecule has 0 aliphatic carbocycles. The van der Waals surface area contributed by atoms with Gasteiger partial charge < -0.3 is 0 Å². The largest absolute Gasteiger partial charge is 0.236 e. The van der Waals surface area contributed by atoms with Gasteiger partial charge in [-0.3, -0.25) is 0 Å². The summed E-state index contributed by atoms with van der Waals surface area (Å²) in [5.74, 6) is 0. The zero-order valence-corrected chi connectivity index (χ0v) is 23.4. The second-order valence-electron chi connectivity index (χ2n) is 10.5. The Labute approximate surface area is 219 Å². The minimum atomic E-state index is 1.15. The van der Waals surface area contributed by atoms with Crippen LogP contribution in [-0.2, 0) is 12.8 Å². The summed E-state index contributed by atoms with van der Waals surface area (Å²) in [6.45, 7) is 4.58. The van der Waals surface area contributed by atoms with Crippen molar-refractivity contribution in [2.24, 2.45) is 0 Å². The van der Waals surface area contributed by atoms with E-state index in [1.54, 1.807) is 0 Å². The predicted molar refractivity (Wildman–Crippen MR) is 158 cm³/mol. The highest BCUT2D eigenvalue weighted by Crippen LogP contribution is 2.31. The number of rotatable bonds is 19. The number of unbranched alkanes of at least 4 members (excludes halogenated alkanes) is 14. The topological polar surface area (TPSA) is 12.9 Å². The number of nitrogens with zero attached hydrogens (tertiary/aromatic N) is 1. The number of thiazole rings is 1. The maximum absolute atomic E-state index is 4.93. The molecule has 0 unspecified atom stereocenters. The minimum absolute atomic E-state index is 1.15. The van der Waals surface area contributed by atoms with Crippen molar-refractivity contribution in [1.82, 2.24) is 4.98 Å². The molecule has 0 N–H and O–H groups in total. The van der Waals surface area contributed by atoms with Gasteiger partial charge in [0, 0.05) is 5.56 Å². The van der Waals surface area contributed by atoms with Crippen LogP contribution in [0.4, 0.5) is 0 Å². The quantitative estimate of drug-likeness (QED) is 0.152. The zero-order valence-electron chi connectivity index (χ0n) is 22.6. The van der Waals surface area contributed by atoms with Gasteiger partial charge in [-0.05, 0) is 48.9 Å². The summed E-state index contributed by atoms with van der Waals surface area (Å²) >= 11 is 1.85. The third-order valence-electron chi connectivity index (χ3n) is 7.29. The lowest BCUT2D eigenvalue weighted by Crippen LogP contribution is -1.87. The molecule has 0 atom stereocenters. The molecule has 0 aliphatic heterocycles. The monoisotopic (exact) mass is 491 g/mol. The van der Waals surface area contributed by atoms with E-state index in [0.717, 1.165) is 10.5 Å². The van der Waals surface area contributed by atoms with Gasteiger partial charge in [0.05, 0.1) is 10.2 Å². The molecule has 1 aromatic heterocycles. The van der Waals surface area contributed by atoms with Crippen LogP contribution in [0.2, 0.25) is 0 Å². The van der Waals surface area contributed by atoms with E-state index in [1.165, 1.54) is 137 Å². The van der Waals surface area contributed by atoms with Gasteiger partial charge in [0.2, 0.25) is 0 Å². The maximum atomic E-state index is 4.93. The van der Waals surface area contributed by atoms with Gasteiger partial charge in [-0.2, -0.15) is 0 Å². The molecule has 0 aliphatic rings. The van der Waals surface area contributed by atoms with Gasteiger partial charge in [0.1, 0.15) is 5.01 Å². The number of aryl methyl sites for hydroxylation is 2. The smallest absolute Gasteiger partial charge is 0.124 e. The summed E-state index contributed by atoms with van der Waals surface area (Å²) in [6, 6.07) is 16.1. The number of aromatic nitrogens is 1. The summed E-state index contributed by atoms with van der Waals surface area (Å²) < 4.78 is 1.33. The Bertz CT molecular complexity index is 939. The molecule has 3 aromatic rings. The first-order chi connectivity index (χ1) is 17.3. The van der Waals surface area contributed by atoms with E-state index in [2.05, 4.69) is 56.3 Å². The number of hydrogen-bond acceptors (Lipinski definition) is 2. The van der Waals surface area contributed by atoms with Crippen molar-refractivity contribution >= 4 is 21.6 Å². The Kier molecular flexibility index (Phi) is 13.5. The fourth-order valence-electron chi connectivity index (χ4n) is 4.99. The zero-order chi connectivity index (χ0) is 24.6. The molecule has 2 aromatic carbocycles. The van der Waals surface area contributed by atoms with Gasteiger partial charge in [0.15, 0.2) is 0 Å². The van der Waals surface area contributed by atoms with Crippen molar-refractivity contribution in [3.63, 3.8) is 0 Å². The van der Waals surface area contributed by atoms with Gasteiger partial charge in [-0.1, -0.05) is 134 Å². The molecule has 3 rings (SSSR count). The Morgan fingerprint density at radius 1 is 0.543 bits per heavy atom.